The molecule has 2 aromatic rings. The Morgan fingerprint density at radius 3 is 2.48 bits per heavy atom. The van der Waals surface area contributed by atoms with Crippen molar-refractivity contribution in [3.05, 3.63) is 59.7 Å². The number of hydrogen-bond acceptors (Lipinski definition) is 3. The van der Waals surface area contributed by atoms with Gasteiger partial charge in [0, 0.05) is 24.5 Å². The minimum Gasteiger partial charge on any atom is -0.371 e. The van der Waals surface area contributed by atoms with Gasteiger partial charge in [-0.1, -0.05) is 30.3 Å². The molecular formula is C21H24ClN3O2. The summed E-state index contributed by atoms with van der Waals surface area (Å²) in [7, 11) is 0. The van der Waals surface area contributed by atoms with E-state index in [1.165, 1.54) is 0 Å². The minimum atomic E-state index is -0.297. The van der Waals surface area contributed by atoms with Gasteiger partial charge in [-0.05, 0) is 43.5 Å². The van der Waals surface area contributed by atoms with E-state index in [1.807, 2.05) is 49.4 Å². The fraction of sp³-hybridized carbons (Fsp3) is 0.333. The van der Waals surface area contributed by atoms with Crippen molar-refractivity contribution < 1.29 is 9.59 Å². The van der Waals surface area contributed by atoms with Crippen molar-refractivity contribution in [1.82, 2.24) is 5.32 Å². The monoisotopic (exact) mass is 385 g/mol. The Kier molecular flexibility index (Phi) is 6.35. The molecule has 0 aromatic heterocycles. The Balaban J connectivity index is 1.86. The molecular weight excluding hydrogens is 362 g/mol. The standard InChI is InChI=1S/C21H24ClN3O2/c1-15(16-7-3-2-4-8-16)23-21(27)18-13-17(24-20(26)14-22)9-10-19(18)25-11-5-6-12-25/h2-4,7-10,13,15H,5-6,11-12,14H2,1H3,(H,23,27)(H,24,26). The maximum absolute atomic E-state index is 13.0. The van der Waals surface area contributed by atoms with E-state index in [4.69, 9.17) is 11.6 Å². The number of halogens is 1. The van der Waals surface area contributed by atoms with Crippen molar-refractivity contribution in [1.29, 1.82) is 0 Å². The largest absolute Gasteiger partial charge is 0.371 e. The van der Waals surface area contributed by atoms with E-state index in [9.17, 15) is 9.59 Å². The van der Waals surface area contributed by atoms with Gasteiger partial charge in [-0.3, -0.25) is 9.59 Å². The van der Waals surface area contributed by atoms with E-state index in [0.29, 0.717) is 11.3 Å². The zero-order chi connectivity index (χ0) is 19.2. The van der Waals surface area contributed by atoms with Gasteiger partial charge in [0.1, 0.15) is 5.88 Å². The van der Waals surface area contributed by atoms with Crippen LogP contribution >= 0.6 is 11.6 Å². The normalized spacial score (nSPS) is 14.7. The number of rotatable bonds is 6. The maximum atomic E-state index is 13.0. The molecule has 3 rings (SSSR count). The molecule has 0 saturated carbocycles. The van der Waals surface area contributed by atoms with Crippen LogP contribution in [0.3, 0.4) is 0 Å². The van der Waals surface area contributed by atoms with Crippen LogP contribution < -0.4 is 15.5 Å². The lowest BCUT2D eigenvalue weighted by Gasteiger charge is -2.23. The van der Waals surface area contributed by atoms with E-state index in [0.717, 1.165) is 37.2 Å². The van der Waals surface area contributed by atoms with Gasteiger partial charge < -0.3 is 15.5 Å². The SMILES string of the molecule is CC(NC(=O)c1cc(NC(=O)CCl)ccc1N1CCCC1)c1ccccc1. The van der Waals surface area contributed by atoms with Gasteiger partial charge in [-0.15, -0.1) is 11.6 Å². The lowest BCUT2D eigenvalue weighted by atomic mass is 10.1. The minimum absolute atomic E-state index is 0.119. The highest BCUT2D eigenvalue weighted by molar-refractivity contribution is 6.29. The summed E-state index contributed by atoms with van der Waals surface area (Å²) in [6, 6.07) is 15.2. The Morgan fingerprint density at radius 2 is 1.81 bits per heavy atom. The number of carbonyl (C=O) groups excluding carboxylic acids is 2. The first-order chi connectivity index (χ1) is 13.1. The van der Waals surface area contributed by atoms with Crippen LogP contribution in [0.4, 0.5) is 11.4 Å². The van der Waals surface area contributed by atoms with Crippen LogP contribution in [0.5, 0.6) is 0 Å². The molecule has 1 fully saturated rings. The predicted octanol–water partition coefficient (Wildman–Crippen LogP) is 3.96. The summed E-state index contributed by atoms with van der Waals surface area (Å²) >= 11 is 5.58. The number of alkyl halides is 1. The third kappa shape index (κ3) is 4.80. The predicted molar refractivity (Wildman–Crippen MR) is 110 cm³/mol. The number of carbonyl (C=O) groups is 2. The molecule has 142 valence electrons. The van der Waals surface area contributed by atoms with Gasteiger partial charge in [-0.25, -0.2) is 0 Å². The molecule has 27 heavy (non-hydrogen) atoms. The molecule has 1 aliphatic rings. The number of nitrogens with one attached hydrogen (secondary N) is 2. The summed E-state index contributed by atoms with van der Waals surface area (Å²) in [5.41, 5.74) is 3.07. The second kappa shape index (κ2) is 8.91. The van der Waals surface area contributed by atoms with Crippen LogP contribution in [0, 0.1) is 0 Å². The van der Waals surface area contributed by atoms with Crippen molar-refractivity contribution in [2.45, 2.75) is 25.8 Å². The highest BCUT2D eigenvalue weighted by Crippen LogP contribution is 2.28. The number of hydrogen-bond donors (Lipinski definition) is 2. The first kappa shape index (κ1) is 19.2. The summed E-state index contributed by atoms with van der Waals surface area (Å²) in [5, 5.41) is 5.79. The van der Waals surface area contributed by atoms with E-state index in [2.05, 4.69) is 15.5 Å². The Morgan fingerprint density at radius 1 is 1.11 bits per heavy atom. The first-order valence-electron chi connectivity index (χ1n) is 9.19. The van der Waals surface area contributed by atoms with Gasteiger partial charge >= 0.3 is 0 Å². The van der Waals surface area contributed by atoms with Crippen LogP contribution in [-0.4, -0.2) is 30.8 Å². The number of amides is 2. The van der Waals surface area contributed by atoms with Gasteiger partial charge in [-0.2, -0.15) is 0 Å². The summed E-state index contributed by atoms with van der Waals surface area (Å²) < 4.78 is 0. The third-order valence-corrected chi connectivity index (χ3v) is 4.98. The molecule has 2 N–H and O–H groups in total. The van der Waals surface area contributed by atoms with Gasteiger partial charge in [0.25, 0.3) is 5.91 Å². The Bertz CT molecular complexity index is 804. The highest BCUT2D eigenvalue weighted by atomic mass is 35.5. The molecule has 1 saturated heterocycles. The van der Waals surface area contributed by atoms with Gasteiger partial charge in [0.15, 0.2) is 0 Å². The summed E-state index contributed by atoms with van der Waals surface area (Å²) in [5.74, 6) is -0.578. The van der Waals surface area contributed by atoms with Crippen LogP contribution in [0.25, 0.3) is 0 Å². The fourth-order valence-corrected chi connectivity index (χ4v) is 3.39. The van der Waals surface area contributed by atoms with Crippen molar-refractivity contribution in [2.24, 2.45) is 0 Å². The van der Waals surface area contributed by atoms with E-state index >= 15 is 0 Å². The number of anilines is 2. The Labute approximate surface area is 164 Å². The van der Waals surface area contributed by atoms with Gasteiger partial charge in [0.2, 0.25) is 5.91 Å². The number of benzene rings is 2. The molecule has 6 heteroatoms. The summed E-state index contributed by atoms with van der Waals surface area (Å²) in [6.45, 7) is 3.83. The first-order valence-corrected chi connectivity index (χ1v) is 9.72. The topological polar surface area (TPSA) is 61.4 Å². The molecule has 1 aliphatic heterocycles. The quantitative estimate of drug-likeness (QED) is 0.740. The second-order valence-corrected chi connectivity index (χ2v) is 6.98. The Hall–Kier alpha value is -2.53. The van der Waals surface area contributed by atoms with Crippen molar-refractivity contribution in [3.8, 4) is 0 Å². The second-order valence-electron chi connectivity index (χ2n) is 6.71. The molecule has 2 amide bonds. The zero-order valence-electron chi connectivity index (χ0n) is 15.4. The van der Waals surface area contributed by atoms with Crippen LogP contribution in [0.1, 0.15) is 41.7 Å². The highest BCUT2D eigenvalue weighted by Gasteiger charge is 2.21. The van der Waals surface area contributed by atoms with Crippen molar-refractivity contribution in [2.75, 3.05) is 29.2 Å². The molecule has 0 radical (unpaired) electrons. The van der Waals surface area contributed by atoms with Crippen LogP contribution in [-0.2, 0) is 4.79 Å². The molecule has 1 atom stereocenters. The number of nitrogens with zero attached hydrogens (tertiary/aromatic N) is 1. The maximum Gasteiger partial charge on any atom is 0.253 e. The van der Waals surface area contributed by atoms with Crippen LogP contribution in [0.2, 0.25) is 0 Å². The molecule has 1 unspecified atom stereocenters. The lowest BCUT2D eigenvalue weighted by Crippen LogP contribution is -2.29. The molecule has 0 spiro atoms. The lowest BCUT2D eigenvalue weighted by molar-refractivity contribution is -0.113. The molecule has 1 heterocycles. The van der Waals surface area contributed by atoms with E-state index in [1.54, 1.807) is 6.07 Å². The zero-order valence-corrected chi connectivity index (χ0v) is 16.1. The molecule has 2 aromatic carbocycles. The van der Waals surface area contributed by atoms with Crippen LogP contribution in [0.15, 0.2) is 48.5 Å². The molecule has 0 aliphatic carbocycles. The fourth-order valence-electron chi connectivity index (χ4n) is 3.32. The average Bonchev–Trinajstić information content (AvgIpc) is 3.23. The molecule has 5 nitrogen and oxygen atoms in total. The van der Waals surface area contributed by atoms with Crippen molar-refractivity contribution in [3.63, 3.8) is 0 Å². The molecule has 0 bridgehead atoms. The van der Waals surface area contributed by atoms with Gasteiger partial charge in [0.05, 0.1) is 11.6 Å². The van der Waals surface area contributed by atoms with E-state index < -0.39 is 0 Å². The average molecular weight is 386 g/mol. The third-order valence-electron chi connectivity index (χ3n) is 4.74. The summed E-state index contributed by atoms with van der Waals surface area (Å²) in [6.07, 6.45) is 2.23. The van der Waals surface area contributed by atoms with E-state index in [-0.39, 0.29) is 23.7 Å². The van der Waals surface area contributed by atoms with Crippen molar-refractivity contribution >= 4 is 34.8 Å². The summed E-state index contributed by atoms with van der Waals surface area (Å²) in [4.78, 5) is 26.9. The smallest absolute Gasteiger partial charge is 0.253 e.